The summed E-state index contributed by atoms with van der Waals surface area (Å²) in [4.78, 5) is 21.1. The molecule has 6 rings (SSSR count). The molecule has 0 spiro atoms. The lowest BCUT2D eigenvalue weighted by molar-refractivity contribution is 0.0528. The van der Waals surface area contributed by atoms with Gasteiger partial charge in [-0.1, -0.05) is 12.1 Å². The van der Waals surface area contributed by atoms with Gasteiger partial charge >= 0.3 is 0 Å². The van der Waals surface area contributed by atoms with Gasteiger partial charge in [0.15, 0.2) is 0 Å². The van der Waals surface area contributed by atoms with Crippen LogP contribution in [-0.4, -0.2) is 86.4 Å². The van der Waals surface area contributed by atoms with Crippen molar-refractivity contribution < 1.29 is 18.7 Å². The largest absolute Gasteiger partial charge is 0.383 e. The second-order valence-corrected chi connectivity index (χ2v) is 10.5. The Kier molecular flexibility index (Phi) is 7.01. The number of benzene rings is 1. The van der Waals surface area contributed by atoms with E-state index >= 15 is 4.39 Å². The van der Waals surface area contributed by atoms with Crippen molar-refractivity contribution in [2.24, 2.45) is 0 Å². The fraction of sp³-hybridized carbons (Fsp3) is 0.448. The highest BCUT2D eigenvalue weighted by atomic mass is 19.1. The van der Waals surface area contributed by atoms with E-state index < -0.39 is 5.79 Å². The van der Waals surface area contributed by atoms with Crippen molar-refractivity contribution in [3.63, 3.8) is 0 Å². The summed E-state index contributed by atoms with van der Waals surface area (Å²) < 4.78 is 27.9. The minimum absolute atomic E-state index is 0.0767. The van der Waals surface area contributed by atoms with E-state index in [9.17, 15) is 4.79 Å². The molecular formula is C29H35FN6O3. The lowest BCUT2D eigenvalue weighted by Gasteiger charge is -2.38. The summed E-state index contributed by atoms with van der Waals surface area (Å²) in [5.41, 5.74) is 11.5. The number of allylic oxidation sites excluding steroid dienone is 1. The fourth-order valence-corrected chi connectivity index (χ4v) is 5.87. The number of anilines is 1. The first-order valence-electron chi connectivity index (χ1n) is 13.6. The van der Waals surface area contributed by atoms with Crippen LogP contribution in [0.2, 0.25) is 0 Å². The summed E-state index contributed by atoms with van der Waals surface area (Å²) in [6.45, 7) is 5.70. The first-order chi connectivity index (χ1) is 18.9. The number of nitrogen functional groups attached to an aromatic ring is 1. The van der Waals surface area contributed by atoms with E-state index in [1.54, 1.807) is 25.3 Å². The maximum absolute atomic E-state index is 16.8. The highest BCUT2D eigenvalue weighted by Gasteiger charge is 2.37. The van der Waals surface area contributed by atoms with Crippen molar-refractivity contribution >= 4 is 11.7 Å². The number of dihydropyridines is 1. The van der Waals surface area contributed by atoms with Gasteiger partial charge in [0.05, 0.1) is 30.7 Å². The molecule has 0 bridgehead atoms. The average Bonchev–Trinajstić information content (AvgIpc) is 3.41. The molecule has 1 amide bonds. The molecule has 4 N–H and O–H groups in total. The number of amides is 1. The SMILES string of the molecule is COC1CCN(CC2=C(N3CCOCC3)C=C[C@](F)(c3cnc(N)c(-c4ccc5c(c4)CCNC5=O)c3)N2)C1. The van der Waals surface area contributed by atoms with Crippen LogP contribution in [0.25, 0.3) is 11.1 Å². The summed E-state index contributed by atoms with van der Waals surface area (Å²) in [6, 6.07) is 7.37. The monoisotopic (exact) mass is 534 g/mol. The Hall–Kier alpha value is -3.47. The first kappa shape index (κ1) is 25.8. The maximum atomic E-state index is 16.8. The molecule has 39 heavy (non-hydrogen) atoms. The predicted octanol–water partition coefficient (Wildman–Crippen LogP) is 2.16. The van der Waals surface area contributed by atoms with E-state index in [1.165, 1.54) is 6.20 Å². The Balaban J connectivity index is 1.31. The number of carbonyl (C=O) groups is 1. The Morgan fingerprint density at radius 2 is 2.08 bits per heavy atom. The van der Waals surface area contributed by atoms with Gasteiger partial charge in [-0.25, -0.2) is 9.37 Å². The molecule has 0 aliphatic carbocycles. The third kappa shape index (κ3) is 5.11. The van der Waals surface area contributed by atoms with Crippen molar-refractivity contribution in [1.82, 2.24) is 25.4 Å². The van der Waals surface area contributed by atoms with E-state index in [0.29, 0.717) is 48.8 Å². The van der Waals surface area contributed by atoms with Crippen LogP contribution in [0, 0.1) is 0 Å². The van der Waals surface area contributed by atoms with Gasteiger partial charge in [-0.05, 0) is 48.3 Å². The lowest BCUT2D eigenvalue weighted by atomic mass is 9.93. The van der Waals surface area contributed by atoms with Gasteiger partial charge in [-0.15, -0.1) is 0 Å². The number of halogens is 1. The molecule has 2 atom stereocenters. The number of likely N-dealkylation sites (tertiary alicyclic amines) is 1. The Morgan fingerprint density at radius 1 is 1.23 bits per heavy atom. The number of nitrogens with one attached hydrogen (secondary N) is 2. The number of pyridine rings is 1. The van der Waals surface area contributed by atoms with Crippen LogP contribution >= 0.6 is 0 Å². The Bertz CT molecular complexity index is 1320. The fourth-order valence-electron chi connectivity index (χ4n) is 5.87. The molecule has 9 nitrogen and oxygen atoms in total. The van der Waals surface area contributed by atoms with Crippen LogP contribution in [0.4, 0.5) is 10.2 Å². The highest BCUT2D eigenvalue weighted by Crippen LogP contribution is 2.36. The van der Waals surface area contributed by atoms with Crippen LogP contribution in [0.1, 0.15) is 27.9 Å². The average molecular weight is 535 g/mol. The number of nitrogens with two attached hydrogens (primary N) is 1. The third-order valence-corrected chi connectivity index (χ3v) is 8.09. The number of fused-ring (bicyclic) bond motifs is 1. The van der Waals surface area contributed by atoms with Crippen molar-refractivity contribution in [3.05, 3.63) is 70.7 Å². The van der Waals surface area contributed by atoms with Crippen molar-refractivity contribution in [2.45, 2.75) is 24.7 Å². The van der Waals surface area contributed by atoms with Crippen LogP contribution in [0.15, 0.2) is 54.0 Å². The quantitative estimate of drug-likeness (QED) is 0.485. The summed E-state index contributed by atoms with van der Waals surface area (Å²) in [6.07, 6.45) is 6.83. The summed E-state index contributed by atoms with van der Waals surface area (Å²) in [7, 11) is 1.74. The van der Waals surface area contributed by atoms with Gasteiger partial charge in [0.2, 0.25) is 5.79 Å². The molecule has 5 heterocycles. The number of alkyl halides is 1. The standard InChI is InChI=1S/C29H35FN6O3/c1-38-22-6-9-35(17-22)18-25-26(36-10-12-39-13-11-36)4-7-29(30,34-25)21-15-24(27(31)33-16-21)19-2-3-23-20(14-19)5-8-32-28(23)37/h2-4,7,14-16,22,34H,5-6,8-13,17-18H2,1H3,(H2,31,33)(H,32,37)/t22?,29-/m1/s1. The van der Waals surface area contributed by atoms with E-state index in [-0.39, 0.29) is 12.0 Å². The van der Waals surface area contributed by atoms with Gasteiger partial charge in [0.25, 0.3) is 5.91 Å². The molecule has 2 saturated heterocycles. The van der Waals surface area contributed by atoms with Crippen LogP contribution in [-0.2, 0) is 21.7 Å². The number of rotatable bonds is 6. The highest BCUT2D eigenvalue weighted by molar-refractivity contribution is 5.97. The molecule has 4 aliphatic rings. The van der Waals surface area contributed by atoms with Gasteiger partial charge in [0, 0.05) is 69.3 Å². The number of morpholine rings is 1. The number of nitrogens with zero attached hydrogens (tertiary/aromatic N) is 3. The minimum Gasteiger partial charge on any atom is -0.383 e. The minimum atomic E-state index is -1.96. The van der Waals surface area contributed by atoms with Crippen molar-refractivity contribution in [3.8, 4) is 11.1 Å². The van der Waals surface area contributed by atoms with Crippen LogP contribution < -0.4 is 16.4 Å². The summed E-state index contributed by atoms with van der Waals surface area (Å²) in [5, 5.41) is 6.10. The summed E-state index contributed by atoms with van der Waals surface area (Å²) in [5.74, 6) is -1.73. The van der Waals surface area contributed by atoms with Gasteiger partial charge in [-0.3, -0.25) is 9.69 Å². The van der Waals surface area contributed by atoms with Gasteiger partial charge in [0.1, 0.15) is 5.82 Å². The number of aromatic nitrogens is 1. The lowest BCUT2D eigenvalue weighted by Crippen LogP contribution is -2.46. The maximum Gasteiger partial charge on any atom is 0.251 e. The van der Waals surface area contributed by atoms with Gasteiger partial charge < -0.3 is 30.7 Å². The molecule has 1 unspecified atom stereocenters. The zero-order valence-electron chi connectivity index (χ0n) is 22.2. The molecule has 2 aromatic rings. The zero-order chi connectivity index (χ0) is 27.0. The number of methoxy groups -OCH3 is 1. The Morgan fingerprint density at radius 3 is 2.87 bits per heavy atom. The second kappa shape index (κ2) is 10.6. The van der Waals surface area contributed by atoms with E-state index in [2.05, 4.69) is 25.4 Å². The number of hydrogen-bond donors (Lipinski definition) is 3. The molecule has 2 fully saturated rings. The molecule has 0 radical (unpaired) electrons. The smallest absolute Gasteiger partial charge is 0.251 e. The van der Waals surface area contributed by atoms with Crippen molar-refractivity contribution in [2.75, 3.05) is 65.3 Å². The number of ether oxygens (including phenoxy) is 2. The molecule has 10 heteroatoms. The molecule has 206 valence electrons. The molecular weight excluding hydrogens is 499 g/mol. The Labute approximate surface area is 227 Å². The third-order valence-electron chi connectivity index (χ3n) is 8.09. The number of carbonyl (C=O) groups excluding carboxylic acids is 1. The van der Waals surface area contributed by atoms with Crippen LogP contribution in [0.3, 0.4) is 0 Å². The second-order valence-electron chi connectivity index (χ2n) is 10.5. The zero-order valence-corrected chi connectivity index (χ0v) is 22.2. The normalized spacial score (nSPS) is 25.4. The van der Waals surface area contributed by atoms with E-state index in [0.717, 1.165) is 61.5 Å². The topological polar surface area (TPSA) is 105 Å². The van der Waals surface area contributed by atoms with E-state index in [4.69, 9.17) is 15.2 Å². The van der Waals surface area contributed by atoms with Gasteiger partial charge in [-0.2, -0.15) is 0 Å². The molecule has 1 aromatic heterocycles. The van der Waals surface area contributed by atoms with Crippen LogP contribution in [0.5, 0.6) is 0 Å². The predicted molar refractivity (Wildman–Crippen MR) is 146 cm³/mol. The molecule has 4 aliphatic heterocycles. The molecule has 0 saturated carbocycles. The summed E-state index contributed by atoms with van der Waals surface area (Å²) >= 11 is 0. The first-order valence-corrected chi connectivity index (χ1v) is 13.6. The molecule has 1 aromatic carbocycles. The van der Waals surface area contributed by atoms with E-state index in [1.807, 2.05) is 18.2 Å². The number of hydrogen-bond acceptors (Lipinski definition) is 8. The van der Waals surface area contributed by atoms with Crippen molar-refractivity contribution in [1.29, 1.82) is 0 Å².